The molecule has 0 aliphatic carbocycles. The van der Waals surface area contributed by atoms with Crippen LogP contribution in [0, 0.1) is 0 Å². The second kappa shape index (κ2) is 48.8. The quantitative estimate of drug-likeness (QED) is 0.0205. The molecule has 0 aromatic heterocycles. The second-order valence-corrected chi connectivity index (χ2v) is 21.2. The monoisotopic (exact) mass is 986 g/mol. The summed E-state index contributed by atoms with van der Waals surface area (Å²) in [7, 11) is 1.47. The van der Waals surface area contributed by atoms with E-state index in [1.54, 1.807) is 0 Å². The SMILES string of the molecule is CC/C=C\C/C=C\C/C=C\C/C=C\C/C=C\CCCCCCCC(=O)OC(/C=C\CCCCCCCCCCC)C(COP(=O)(O)OCC[N+](C)(C)C)NC(=O)CCCCCCC/C=C\CCCC. The minimum absolute atomic E-state index is 0.0316. The minimum atomic E-state index is -4.45. The summed E-state index contributed by atoms with van der Waals surface area (Å²) < 4.78 is 30.5. The van der Waals surface area contributed by atoms with Crippen LogP contribution in [0.4, 0.5) is 0 Å². The molecule has 3 atom stereocenters. The van der Waals surface area contributed by atoms with Gasteiger partial charge < -0.3 is 19.4 Å². The summed E-state index contributed by atoms with van der Waals surface area (Å²) in [6, 6.07) is -0.862. The second-order valence-electron chi connectivity index (χ2n) is 19.7. The third-order valence-electron chi connectivity index (χ3n) is 11.8. The molecule has 0 aromatic rings. The van der Waals surface area contributed by atoms with Crippen LogP contribution in [0.25, 0.3) is 0 Å². The zero-order chi connectivity index (χ0) is 50.8. The van der Waals surface area contributed by atoms with E-state index in [0.717, 1.165) is 128 Å². The Bertz CT molecular complexity index is 1460. The van der Waals surface area contributed by atoms with Crippen molar-refractivity contribution in [2.75, 3.05) is 40.9 Å². The molecule has 0 spiro atoms. The standard InChI is InChI=1S/C59H105N2O7P/c1-7-10-13-16-19-22-25-26-27-28-29-30-31-32-33-34-37-40-43-46-49-52-59(63)68-57(50-47-44-41-38-35-23-20-17-14-11-8-2)56(55-67-69(64,65)66-54-53-61(4,5)6)60-58(62)51-48-45-42-39-36-24-21-18-15-12-9-3/h10,13,18-19,21-22,26-27,29-30,32-33,47,50,56-57H,7-9,11-12,14-17,20,23-25,28,31,34-46,48-49,51-55H2,1-6H3,(H-,60,62,64,65)/p+1/b13-10-,21-18-,22-19-,27-26-,30-29-,33-32-,50-47-. The number of unbranched alkanes of at least 4 members (excludes halogenated alkanes) is 21. The lowest BCUT2D eigenvalue weighted by molar-refractivity contribution is -0.870. The fourth-order valence-corrected chi connectivity index (χ4v) is 8.21. The molecule has 0 bridgehead atoms. The van der Waals surface area contributed by atoms with Crippen LogP contribution in [0.5, 0.6) is 0 Å². The van der Waals surface area contributed by atoms with Gasteiger partial charge in [0.25, 0.3) is 0 Å². The number of carbonyl (C=O) groups is 2. The fourth-order valence-electron chi connectivity index (χ4n) is 7.48. The number of nitrogens with zero attached hydrogens (tertiary/aromatic N) is 1. The Morgan fingerprint density at radius 2 is 0.942 bits per heavy atom. The summed E-state index contributed by atoms with van der Waals surface area (Å²) in [6.45, 7) is 6.81. The average Bonchev–Trinajstić information content (AvgIpc) is 3.31. The van der Waals surface area contributed by atoms with E-state index in [4.69, 9.17) is 13.8 Å². The van der Waals surface area contributed by atoms with Crippen LogP contribution < -0.4 is 5.32 Å². The zero-order valence-electron chi connectivity index (χ0n) is 45.3. The average molecular weight is 986 g/mol. The summed E-state index contributed by atoms with van der Waals surface area (Å²) in [5, 5.41) is 3.02. The van der Waals surface area contributed by atoms with Gasteiger partial charge in [0, 0.05) is 12.8 Å². The van der Waals surface area contributed by atoms with Gasteiger partial charge >= 0.3 is 13.8 Å². The van der Waals surface area contributed by atoms with Gasteiger partial charge in [-0.3, -0.25) is 18.6 Å². The number of allylic oxidation sites excluding steroid dienone is 13. The van der Waals surface area contributed by atoms with E-state index in [-0.39, 0.29) is 31.5 Å². The van der Waals surface area contributed by atoms with E-state index in [1.807, 2.05) is 33.3 Å². The number of hydrogen-bond donors (Lipinski definition) is 2. The Labute approximate surface area is 425 Å². The van der Waals surface area contributed by atoms with E-state index in [9.17, 15) is 19.0 Å². The number of carbonyl (C=O) groups excluding carboxylic acids is 2. The largest absolute Gasteiger partial charge is 0.472 e. The Morgan fingerprint density at radius 3 is 1.45 bits per heavy atom. The molecule has 0 aliphatic heterocycles. The highest BCUT2D eigenvalue weighted by Crippen LogP contribution is 2.43. The Morgan fingerprint density at radius 1 is 0.522 bits per heavy atom. The molecule has 10 heteroatoms. The summed E-state index contributed by atoms with van der Waals surface area (Å²) in [4.78, 5) is 37.5. The summed E-state index contributed by atoms with van der Waals surface area (Å²) in [6.07, 6.45) is 62.9. The lowest BCUT2D eigenvalue weighted by Gasteiger charge is -2.27. The first-order valence-corrected chi connectivity index (χ1v) is 29.4. The first-order valence-electron chi connectivity index (χ1n) is 27.9. The summed E-state index contributed by atoms with van der Waals surface area (Å²) in [5.41, 5.74) is 0. The maximum Gasteiger partial charge on any atom is 0.472 e. The number of ether oxygens (including phenoxy) is 1. The minimum Gasteiger partial charge on any atom is -0.456 e. The van der Waals surface area contributed by atoms with Crippen LogP contribution in [-0.4, -0.2) is 74.3 Å². The third kappa shape index (κ3) is 49.9. The van der Waals surface area contributed by atoms with Crippen LogP contribution in [0.15, 0.2) is 85.1 Å². The number of esters is 1. The number of phosphoric ester groups is 1. The number of rotatable bonds is 49. The van der Waals surface area contributed by atoms with E-state index in [2.05, 4.69) is 99.0 Å². The lowest BCUT2D eigenvalue weighted by atomic mass is 10.1. The normalized spacial score (nSPS) is 14.5. The molecule has 0 fully saturated rings. The van der Waals surface area contributed by atoms with Gasteiger partial charge in [-0.05, 0) is 96.0 Å². The van der Waals surface area contributed by atoms with E-state index in [1.165, 1.54) is 57.8 Å². The van der Waals surface area contributed by atoms with Crippen molar-refractivity contribution in [2.45, 2.75) is 238 Å². The fraction of sp³-hybridized carbons (Fsp3) is 0.729. The van der Waals surface area contributed by atoms with Crippen molar-refractivity contribution in [1.82, 2.24) is 5.32 Å². The summed E-state index contributed by atoms with van der Waals surface area (Å²) >= 11 is 0. The highest BCUT2D eigenvalue weighted by Gasteiger charge is 2.30. The van der Waals surface area contributed by atoms with Crippen LogP contribution >= 0.6 is 7.82 Å². The van der Waals surface area contributed by atoms with Crippen LogP contribution in [0.3, 0.4) is 0 Å². The van der Waals surface area contributed by atoms with Gasteiger partial charge in [0.1, 0.15) is 19.3 Å². The molecule has 398 valence electrons. The molecule has 0 saturated carbocycles. The third-order valence-corrected chi connectivity index (χ3v) is 12.8. The topological polar surface area (TPSA) is 111 Å². The van der Waals surface area contributed by atoms with Gasteiger partial charge in [-0.1, -0.05) is 202 Å². The van der Waals surface area contributed by atoms with E-state index < -0.39 is 20.0 Å². The van der Waals surface area contributed by atoms with E-state index >= 15 is 0 Å². The maximum atomic E-state index is 13.4. The van der Waals surface area contributed by atoms with Gasteiger partial charge in [-0.25, -0.2) is 4.57 Å². The molecule has 3 unspecified atom stereocenters. The van der Waals surface area contributed by atoms with Crippen LogP contribution in [0.2, 0.25) is 0 Å². The van der Waals surface area contributed by atoms with Crippen LogP contribution in [0.1, 0.15) is 226 Å². The highest BCUT2D eigenvalue weighted by molar-refractivity contribution is 7.47. The first-order chi connectivity index (χ1) is 33.4. The Kier molecular flexibility index (Phi) is 46.8. The number of hydrogen-bond acceptors (Lipinski definition) is 6. The highest BCUT2D eigenvalue weighted by atomic mass is 31.2. The van der Waals surface area contributed by atoms with Gasteiger partial charge in [-0.2, -0.15) is 0 Å². The number of quaternary nitrogens is 1. The number of phosphoric acid groups is 1. The number of likely N-dealkylation sites (N-methyl/N-ethyl adjacent to an activating group) is 1. The zero-order valence-corrected chi connectivity index (χ0v) is 46.2. The molecule has 1 amide bonds. The van der Waals surface area contributed by atoms with Crippen molar-refractivity contribution in [3.8, 4) is 0 Å². The van der Waals surface area contributed by atoms with Crippen molar-refractivity contribution in [1.29, 1.82) is 0 Å². The molecule has 0 aliphatic rings. The van der Waals surface area contributed by atoms with Gasteiger partial charge in [-0.15, -0.1) is 0 Å². The molecule has 0 aromatic carbocycles. The Hall–Kier alpha value is -2.81. The first kappa shape index (κ1) is 66.2. The molecule has 0 radical (unpaired) electrons. The van der Waals surface area contributed by atoms with Crippen LogP contribution in [-0.2, 0) is 27.9 Å². The smallest absolute Gasteiger partial charge is 0.456 e. The molecular formula is C59H106N2O7P+. The van der Waals surface area contributed by atoms with Crippen molar-refractivity contribution >= 4 is 19.7 Å². The van der Waals surface area contributed by atoms with Gasteiger partial charge in [0.05, 0.1) is 33.8 Å². The summed E-state index contributed by atoms with van der Waals surface area (Å²) in [5.74, 6) is -0.545. The van der Waals surface area contributed by atoms with Crippen molar-refractivity contribution in [2.24, 2.45) is 0 Å². The predicted octanol–water partition coefficient (Wildman–Crippen LogP) is 16.7. The number of amides is 1. The van der Waals surface area contributed by atoms with E-state index in [0.29, 0.717) is 23.9 Å². The Balaban J connectivity index is 5.31. The van der Waals surface area contributed by atoms with Gasteiger partial charge in [0.15, 0.2) is 0 Å². The molecule has 0 rings (SSSR count). The van der Waals surface area contributed by atoms with Crippen molar-refractivity contribution < 1.29 is 37.3 Å². The predicted molar refractivity (Wildman–Crippen MR) is 295 cm³/mol. The van der Waals surface area contributed by atoms with Gasteiger partial charge in [0.2, 0.25) is 5.91 Å². The molecular weight excluding hydrogens is 880 g/mol. The maximum absolute atomic E-state index is 13.4. The number of nitrogens with one attached hydrogen (secondary N) is 1. The molecule has 9 nitrogen and oxygen atoms in total. The molecule has 69 heavy (non-hydrogen) atoms. The molecule has 0 saturated heterocycles. The molecule has 0 heterocycles. The lowest BCUT2D eigenvalue weighted by Crippen LogP contribution is -2.47. The van der Waals surface area contributed by atoms with Crippen molar-refractivity contribution in [3.63, 3.8) is 0 Å². The van der Waals surface area contributed by atoms with Crippen molar-refractivity contribution in [3.05, 3.63) is 85.1 Å². The molecule has 2 N–H and O–H groups in total.